The number of carbonyl (C=O) groups excluding carboxylic acids is 3. The van der Waals surface area contributed by atoms with E-state index in [-0.39, 0.29) is 56.9 Å². The molecule has 0 saturated heterocycles. The summed E-state index contributed by atoms with van der Waals surface area (Å²) >= 11 is 0. The van der Waals surface area contributed by atoms with Gasteiger partial charge >= 0.3 is 35.9 Å². The smallest absolute Gasteiger partial charge is 0.326 e. The second-order valence-electron chi connectivity index (χ2n) is 12.5. The lowest BCUT2D eigenvalue weighted by atomic mass is 10.1. The molecule has 0 saturated carbocycles. The van der Waals surface area contributed by atoms with Gasteiger partial charge in [0.25, 0.3) is 0 Å². The van der Waals surface area contributed by atoms with E-state index in [1.54, 1.807) is 17.8 Å². The molecule has 1 aromatic heterocycles. The first-order valence-corrected chi connectivity index (χ1v) is 17.2. The van der Waals surface area contributed by atoms with Crippen LogP contribution in [0.15, 0.2) is 6.20 Å². The summed E-state index contributed by atoms with van der Waals surface area (Å²) in [7, 11) is 0. The number of carboxylic acid groups (broad SMARTS) is 5. The Kier molecular flexibility index (Phi) is 21.3. The van der Waals surface area contributed by atoms with Crippen LogP contribution in [0.5, 0.6) is 0 Å². The first-order valence-electron chi connectivity index (χ1n) is 17.2. The normalized spacial score (nSPS) is 13.2. The fourth-order valence-electron chi connectivity index (χ4n) is 4.94. The van der Waals surface area contributed by atoms with Crippen molar-refractivity contribution in [2.24, 2.45) is 5.92 Å². The van der Waals surface area contributed by atoms with Gasteiger partial charge in [0.1, 0.15) is 18.1 Å². The molecule has 0 radical (unpaired) electrons. The second kappa shape index (κ2) is 24.8. The highest BCUT2D eigenvalue weighted by atomic mass is 16.4. The molecule has 9 N–H and O–H groups in total. The predicted octanol–water partition coefficient (Wildman–Crippen LogP) is 0.979. The molecule has 0 aromatic carbocycles. The van der Waals surface area contributed by atoms with Crippen LogP contribution in [0.25, 0.3) is 0 Å². The van der Waals surface area contributed by atoms with Crippen molar-refractivity contribution in [2.75, 3.05) is 6.54 Å². The topological polar surface area (TPSA) is 317 Å². The number of aliphatic carboxylic acids is 5. The van der Waals surface area contributed by atoms with Crippen molar-refractivity contribution in [3.05, 3.63) is 11.9 Å². The Bertz CT molecular complexity index is 1350. The summed E-state index contributed by atoms with van der Waals surface area (Å²) in [6.45, 7) is 2.32. The Morgan fingerprint density at radius 3 is 1.73 bits per heavy atom. The molecule has 20 nitrogen and oxygen atoms in total. The van der Waals surface area contributed by atoms with Gasteiger partial charge in [0.05, 0.1) is 11.6 Å². The van der Waals surface area contributed by atoms with E-state index in [4.69, 9.17) is 15.3 Å². The Labute approximate surface area is 300 Å². The molecular weight excluding hydrogens is 690 g/mol. The summed E-state index contributed by atoms with van der Waals surface area (Å²) in [5, 5.41) is 63.1. The Balaban J connectivity index is 2.19. The summed E-state index contributed by atoms with van der Waals surface area (Å²) < 4.78 is 1.57. The third kappa shape index (κ3) is 20.4. The van der Waals surface area contributed by atoms with E-state index < -0.39 is 66.3 Å². The third-order valence-electron chi connectivity index (χ3n) is 7.94. The maximum atomic E-state index is 12.3. The standard InChI is InChI=1S/C32H51N7O13/c1-20(28(44)45)18-21-19-39(38-37-21)17-9-7-11-22(29(46)47)34-26(41)13-5-3-2-4-12-25(40)33-16-8-6-10-23(30(48)49)35-32(52)36-24(31(50)51)14-15-27(42)43/h19-20,22-24H,2-18H2,1H3,(H,33,40)(H,34,41)(H,42,43)(H,44,45)(H,46,47)(H,48,49)(H,50,51)(H2,35,36,52). The zero-order valence-corrected chi connectivity index (χ0v) is 29.3. The molecule has 0 aliphatic carbocycles. The quantitative estimate of drug-likeness (QED) is 0.0517. The maximum absolute atomic E-state index is 12.3. The van der Waals surface area contributed by atoms with E-state index in [2.05, 4.69) is 31.6 Å². The van der Waals surface area contributed by atoms with Crippen LogP contribution in [0.2, 0.25) is 0 Å². The molecule has 1 heterocycles. The van der Waals surface area contributed by atoms with Gasteiger partial charge in [-0.15, -0.1) is 5.10 Å². The van der Waals surface area contributed by atoms with Crippen molar-refractivity contribution in [3.8, 4) is 0 Å². The van der Waals surface area contributed by atoms with E-state index in [0.29, 0.717) is 63.6 Å². The van der Waals surface area contributed by atoms with Gasteiger partial charge in [-0.05, 0) is 57.8 Å². The van der Waals surface area contributed by atoms with Gasteiger partial charge in [-0.25, -0.2) is 19.2 Å². The van der Waals surface area contributed by atoms with E-state index in [0.717, 1.165) is 0 Å². The number of hydrogen-bond acceptors (Lipinski definition) is 10. The molecule has 4 unspecified atom stereocenters. The van der Waals surface area contributed by atoms with Crippen LogP contribution < -0.4 is 21.3 Å². The van der Waals surface area contributed by atoms with Gasteiger partial charge in [-0.3, -0.25) is 23.9 Å². The van der Waals surface area contributed by atoms with Gasteiger partial charge in [0, 0.05) is 45.0 Å². The number of nitrogens with one attached hydrogen (secondary N) is 4. The zero-order chi connectivity index (χ0) is 39.1. The largest absolute Gasteiger partial charge is 0.481 e. The van der Waals surface area contributed by atoms with E-state index in [1.165, 1.54) is 0 Å². The van der Waals surface area contributed by atoms with Crippen LogP contribution in [0.4, 0.5) is 4.79 Å². The van der Waals surface area contributed by atoms with Crippen LogP contribution in [0.1, 0.15) is 103 Å². The number of urea groups is 1. The van der Waals surface area contributed by atoms with E-state index in [1.807, 2.05) is 0 Å². The summed E-state index contributed by atoms with van der Waals surface area (Å²) in [5.74, 6) is -7.26. The van der Waals surface area contributed by atoms with Gasteiger partial charge in [0.15, 0.2) is 0 Å². The van der Waals surface area contributed by atoms with Crippen molar-refractivity contribution in [1.82, 2.24) is 36.3 Å². The van der Waals surface area contributed by atoms with Crippen LogP contribution in [-0.4, -0.2) is 113 Å². The molecule has 292 valence electrons. The highest BCUT2D eigenvalue weighted by Crippen LogP contribution is 2.10. The van der Waals surface area contributed by atoms with Gasteiger partial charge < -0.3 is 46.8 Å². The molecule has 52 heavy (non-hydrogen) atoms. The molecule has 20 heteroatoms. The first kappa shape index (κ1) is 44.7. The SMILES string of the molecule is CC(Cc1cn(CCCCC(NC(=O)CCCCCCC(=O)NCCCCC(NC(=O)NC(CCC(=O)O)C(=O)O)C(=O)O)C(=O)O)nn1)C(=O)O. The Hall–Kier alpha value is -5.30. The lowest BCUT2D eigenvalue weighted by molar-refractivity contribution is -0.142. The van der Waals surface area contributed by atoms with Gasteiger partial charge in [-0.2, -0.15) is 0 Å². The third-order valence-corrected chi connectivity index (χ3v) is 7.94. The van der Waals surface area contributed by atoms with Crippen LogP contribution in [0, 0.1) is 5.92 Å². The second-order valence-corrected chi connectivity index (χ2v) is 12.5. The fourth-order valence-corrected chi connectivity index (χ4v) is 4.94. The summed E-state index contributed by atoms with van der Waals surface area (Å²) in [6.07, 6.45) is 5.94. The van der Waals surface area contributed by atoms with Crippen molar-refractivity contribution >= 4 is 47.7 Å². The highest BCUT2D eigenvalue weighted by molar-refractivity contribution is 5.86. The molecule has 0 aliphatic heterocycles. The van der Waals surface area contributed by atoms with Gasteiger partial charge in [0.2, 0.25) is 11.8 Å². The average molecular weight is 742 g/mol. The van der Waals surface area contributed by atoms with E-state index in [9.17, 15) is 48.6 Å². The van der Waals surface area contributed by atoms with Crippen molar-refractivity contribution in [2.45, 2.75) is 128 Å². The minimum absolute atomic E-state index is 0.00921. The molecular formula is C32H51N7O13. The lowest BCUT2D eigenvalue weighted by Gasteiger charge is -2.18. The molecule has 0 spiro atoms. The number of carboxylic acids is 5. The Morgan fingerprint density at radius 2 is 1.17 bits per heavy atom. The number of amides is 4. The number of rotatable bonds is 29. The molecule has 4 amide bonds. The number of aromatic nitrogens is 3. The molecule has 0 aliphatic rings. The van der Waals surface area contributed by atoms with Crippen molar-refractivity contribution < 1.29 is 63.9 Å². The highest BCUT2D eigenvalue weighted by Gasteiger charge is 2.25. The van der Waals surface area contributed by atoms with Crippen molar-refractivity contribution in [3.63, 3.8) is 0 Å². The first-order chi connectivity index (χ1) is 24.6. The molecule has 1 rings (SSSR count). The van der Waals surface area contributed by atoms with E-state index >= 15 is 0 Å². The number of nitrogens with zero attached hydrogens (tertiary/aromatic N) is 3. The number of hydrogen-bond donors (Lipinski definition) is 9. The van der Waals surface area contributed by atoms with Crippen LogP contribution in [0.3, 0.4) is 0 Å². The molecule has 0 bridgehead atoms. The molecule has 4 atom stereocenters. The van der Waals surface area contributed by atoms with Crippen LogP contribution >= 0.6 is 0 Å². The Morgan fingerprint density at radius 1 is 0.635 bits per heavy atom. The number of carbonyl (C=O) groups is 8. The predicted molar refractivity (Wildman–Crippen MR) is 180 cm³/mol. The minimum Gasteiger partial charge on any atom is -0.481 e. The lowest BCUT2D eigenvalue weighted by Crippen LogP contribution is -2.51. The number of unbranched alkanes of at least 4 members (excludes halogenated alkanes) is 5. The number of aryl methyl sites for hydroxylation is 1. The van der Waals surface area contributed by atoms with Crippen molar-refractivity contribution in [1.29, 1.82) is 0 Å². The summed E-state index contributed by atoms with van der Waals surface area (Å²) in [4.78, 5) is 92.5. The summed E-state index contributed by atoms with van der Waals surface area (Å²) in [6, 6.07) is -4.91. The summed E-state index contributed by atoms with van der Waals surface area (Å²) in [5.41, 5.74) is 0.558. The molecule has 0 fully saturated rings. The molecule has 1 aromatic rings. The monoisotopic (exact) mass is 741 g/mol. The zero-order valence-electron chi connectivity index (χ0n) is 29.3. The fraction of sp³-hybridized carbons (Fsp3) is 0.688. The van der Waals surface area contributed by atoms with Gasteiger partial charge in [-0.1, -0.05) is 25.0 Å². The maximum Gasteiger partial charge on any atom is 0.326 e. The minimum atomic E-state index is -1.50. The van der Waals surface area contributed by atoms with Crippen LogP contribution in [-0.2, 0) is 46.5 Å². The average Bonchev–Trinajstić information content (AvgIpc) is 3.51.